The maximum atomic E-state index is 12.2. The van der Waals surface area contributed by atoms with Crippen molar-refractivity contribution in [3.05, 3.63) is 29.8 Å². The van der Waals surface area contributed by atoms with Crippen molar-refractivity contribution in [2.24, 2.45) is 0 Å². The molecule has 4 heteroatoms. The van der Waals surface area contributed by atoms with E-state index in [0.29, 0.717) is 13.0 Å². The molecule has 0 aromatic heterocycles. The van der Waals surface area contributed by atoms with Crippen molar-refractivity contribution in [2.75, 3.05) is 18.1 Å². The van der Waals surface area contributed by atoms with Crippen LogP contribution in [0.2, 0.25) is 0 Å². The number of unbranched alkanes of at least 4 members (excludes halogenated alkanes) is 1. The number of hydrogen-bond acceptors (Lipinski definition) is 3. The predicted octanol–water partition coefficient (Wildman–Crippen LogP) is 2.70. The number of esters is 1. The smallest absolute Gasteiger partial charge is 0.326 e. The molecular formula is C16H21NO3. The summed E-state index contributed by atoms with van der Waals surface area (Å²) in [4.78, 5) is 25.6. The van der Waals surface area contributed by atoms with Gasteiger partial charge in [-0.2, -0.15) is 0 Å². The van der Waals surface area contributed by atoms with Crippen molar-refractivity contribution < 1.29 is 14.3 Å². The van der Waals surface area contributed by atoms with Crippen LogP contribution in [0.3, 0.4) is 0 Å². The highest BCUT2D eigenvalue weighted by molar-refractivity contribution is 5.98. The summed E-state index contributed by atoms with van der Waals surface area (Å²) in [5.74, 6) is -0.328. The number of fused-ring (bicyclic) bond motifs is 1. The second-order valence-electron chi connectivity index (χ2n) is 5.04. The first-order valence-electron chi connectivity index (χ1n) is 7.26. The number of anilines is 1. The van der Waals surface area contributed by atoms with E-state index in [1.807, 2.05) is 31.2 Å². The topological polar surface area (TPSA) is 46.6 Å². The molecule has 1 aliphatic rings. The lowest BCUT2D eigenvalue weighted by Crippen LogP contribution is -2.36. The lowest BCUT2D eigenvalue weighted by atomic mass is 10.1. The third kappa shape index (κ3) is 3.59. The lowest BCUT2D eigenvalue weighted by molar-refractivity contribution is -0.143. The van der Waals surface area contributed by atoms with Crippen LogP contribution in [-0.4, -0.2) is 25.0 Å². The number of aryl methyl sites for hydroxylation is 1. The number of benzene rings is 1. The Morgan fingerprint density at radius 3 is 2.90 bits per heavy atom. The molecule has 1 aromatic carbocycles. The van der Waals surface area contributed by atoms with Crippen molar-refractivity contribution in [3.63, 3.8) is 0 Å². The van der Waals surface area contributed by atoms with Gasteiger partial charge in [0.05, 0.1) is 6.61 Å². The van der Waals surface area contributed by atoms with Crippen molar-refractivity contribution in [1.82, 2.24) is 0 Å². The first kappa shape index (κ1) is 14.6. The number of nitrogens with zero attached hydrogens (tertiary/aromatic N) is 1. The quantitative estimate of drug-likeness (QED) is 0.613. The van der Waals surface area contributed by atoms with Gasteiger partial charge in [-0.25, -0.2) is 0 Å². The molecule has 0 atom stereocenters. The van der Waals surface area contributed by atoms with E-state index < -0.39 is 0 Å². The minimum absolute atomic E-state index is 0.00221. The van der Waals surface area contributed by atoms with Crippen LogP contribution in [-0.2, 0) is 20.7 Å². The Labute approximate surface area is 119 Å². The molecule has 0 radical (unpaired) electrons. The van der Waals surface area contributed by atoms with Gasteiger partial charge in [0.1, 0.15) is 6.54 Å². The van der Waals surface area contributed by atoms with Crippen LogP contribution < -0.4 is 4.90 Å². The molecule has 0 bridgehead atoms. The number of rotatable bonds is 5. The largest absolute Gasteiger partial charge is 0.464 e. The van der Waals surface area contributed by atoms with Crippen LogP contribution >= 0.6 is 0 Å². The Balaban J connectivity index is 2.08. The van der Waals surface area contributed by atoms with E-state index in [0.717, 1.165) is 36.9 Å². The number of carbonyl (C=O) groups excluding carboxylic acids is 2. The second-order valence-corrected chi connectivity index (χ2v) is 5.04. The molecule has 0 unspecified atom stereocenters. The van der Waals surface area contributed by atoms with Gasteiger partial charge in [-0.15, -0.1) is 0 Å². The van der Waals surface area contributed by atoms with Gasteiger partial charge in [-0.3, -0.25) is 9.59 Å². The van der Waals surface area contributed by atoms with Crippen LogP contribution in [0.25, 0.3) is 0 Å². The van der Waals surface area contributed by atoms with Crippen molar-refractivity contribution in [1.29, 1.82) is 0 Å². The average molecular weight is 275 g/mol. The minimum Gasteiger partial charge on any atom is -0.464 e. The summed E-state index contributed by atoms with van der Waals surface area (Å²) < 4.78 is 5.16. The summed E-state index contributed by atoms with van der Waals surface area (Å²) in [6.07, 6.45) is 4.03. The monoisotopic (exact) mass is 275 g/mol. The highest BCUT2D eigenvalue weighted by Gasteiger charge is 2.24. The zero-order valence-electron chi connectivity index (χ0n) is 11.9. The molecule has 2 rings (SSSR count). The first-order chi connectivity index (χ1) is 9.72. The summed E-state index contributed by atoms with van der Waals surface area (Å²) in [6.45, 7) is 2.49. The number of carbonyl (C=O) groups is 2. The third-order valence-electron chi connectivity index (χ3n) is 3.47. The molecule has 0 aliphatic carbocycles. The Bertz CT molecular complexity index is 484. The highest BCUT2D eigenvalue weighted by atomic mass is 16.5. The van der Waals surface area contributed by atoms with E-state index in [9.17, 15) is 9.59 Å². The van der Waals surface area contributed by atoms with E-state index in [1.54, 1.807) is 4.90 Å². The van der Waals surface area contributed by atoms with Gasteiger partial charge in [0.15, 0.2) is 0 Å². The van der Waals surface area contributed by atoms with E-state index in [-0.39, 0.29) is 18.4 Å². The fraction of sp³-hybridized carbons (Fsp3) is 0.500. The molecule has 1 amide bonds. The van der Waals surface area contributed by atoms with E-state index in [1.165, 1.54) is 0 Å². The standard InChI is InChI=1S/C16H21NO3/c1-2-3-11-20-16(19)12-17-14-9-5-4-7-13(14)8-6-10-15(17)18/h4-5,7,9H,2-3,6,8,10-12H2,1H3. The van der Waals surface area contributed by atoms with Crippen LogP contribution in [0.4, 0.5) is 5.69 Å². The highest BCUT2D eigenvalue weighted by Crippen LogP contribution is 2.26. The summed E-state index contributed by atoms with van der Waals surface area (Å²) in [5, 5.41) is 0. The van der Waals surface area contributed by atoms with Gasteiger partial charge >= 0.3 is 5.97 Å². The van der Waals surface area contributed by atoms with Crippen LogP contribution in [0.15, 0.2) is 24.3 Å². The molecule has 0 saturated carbocycles. The fourth-order valence-corrected chi connectivity index (χ4v) is 2.36. The van der Waals surface area contributed by atoms with Gasteiger partial charge in [0, 0.05) is 12.1 Å². The van der Waals surface area contributed by atoms with Gasteiger partial charge in [-0.05, 0) is 30.9 Å². The molecule has 4 nitrogen and oxygen atoms in total. The fourth-order valence-electron chi connectivity index (χ4n) is 2.36. The molecule has 0 N–H and O–H groups in total. The Morgan fingerprint density at radius 1 is 1.30 bits per heavy atom. The van der Waals surface area contributed by atoms with Gasteiger partial charge in [0.2, 0.25) is 5.91 Å². The zero-order chi connectivity index (χ0) is 14.4. The molecule has 0 fully saturated rings. The minimum atomic E-state index is -0.330. The third-order valence-corrected chi connectivity index (χ3v) is 3.47. The van der Waals surface area contributed by atoms with E-state index in [2.05, 4.69) is 0 Å². The summed E-state index contributed by atoms with van der Waals surface area (Å²) >= 11 is 0. The predicted molar refractivity (Wildman–Crippen MR) is 77.6 cm³/mol. The number of para-hydroxylation sites is 1. The second kappa shape index (κ2) is 7.08. The zero-order valence-corrected chi connectivity index (χ0v) is 11.9. The normalized spacial score (nSPS) is 14.7. The molecule has 0 saturated heterocycles. The Hall–Kier alpha value is -1.84. The van der Waals surface area contributed by atoms with Gasteiger partial charge < -0.3 is 9.64 Å². The van der Waals surface area contributed by atoms with Gasteiger partial charge in [-0.1, -0.05) is 31.5 Å². The Morgan fingerprint density at radius 2 is 2.10 bits per heavy atom. The van der Waals surface area contributed by atoms with E-state index >= 15 is 0 Å². The maximum absolute atomic E-state index is 12.2. The lowest BCUT2D eigenvalue weighted by Gasteiger charge is -2.22. The van der Waals surface area contributed by atoms with Crippen LogP contribution in [0.1, 0.15) is 38.2 Å². The SMILES string of the molecule is CCCCOC(=O)CN1C(=O)CCCc2ccccc21. The van der Waals surface area contributed by atoms with E-state index in [4.69, 9.17) is 4.74 Å². The van der Waals surface area contributed by atoms with Crippen LogP contribution in [0, 0.1) is 0 Å². The van der Waals surface area contributed by atoms with Crippen molar-refractivity contribution in [3.8, 4) is 0 Å². The molecule has 20 heavy (non-hydrogen) atoms. The van der Waals surface area contributed by atoms with Crippen LogP contribution in [0.5, 0.6) is 0 Å². The maximum Gasteiger partial charge on any atom is 0.326 e. The number of hydrogen-bond donors (Lipinski definition) is 0. The summed E-state index contributed by atoms with van der Waals surface area (Å²) in [6, 6.07) is 7.78. The van der Waals surface area contributed by atoms with Crippen molar-refractivity contribution >= 4 is 17.6 Å². The van der Waals surface area contributed by atoms with Gasteiger partial charge in [0.25, 0.3) is 0 Å². The molecule has 1 aliphatic heterocycles. The molecule has 1 aromatic rings. The molecular weight excluding hydrogens is 254 g/mol. The molecule has 1 heterocycles. The number of ether oxygens (including phenoxy) is 1. The molecule has 108 valence electrons. The number of amides is 1. The summed E-state index contributed by atoms with van der Waals surface area (Å²) in [5.41, 5.74) is 1.97. The Kier molecular flexibility index (Phi) is 5.16. The summed E-state index contributed by atoms with van der Waals surface area (Å²) in [7, 11) is 0. The van der Waals surface area contributed by atoms with Crippen molar-refractivity contribution in [2.45, 2.75) is 39.0 Å². The first-order valence-corrected chi connectivity index (χ1v) is 7.26. The average Bonchev–Trinajstić information content (AvgIpc) is 2.60. The molecule has 0 spiro atoms.